The molecular formula is C26H37N5O3. The van der Waals surface area contributed by atoms with Crippen molar-refractivity contribution in [1.29, 1.82) is 0 Å². The largest absolute Gasteiger partial charge is 0.497 e. The molecule has 1 aliphatic rings. The lowest BCUT2D eigenvalue weighted by Crippen LogP contribution is -2.45. The van der Waals surface area contributed by atoms with E-state index in [4.69, 9.17) is 4.74 Å². The summed E-state index contributed by atoms with van der Waals surface area (Å²) in [7, 11) is 1.58. The van der Waals surface area contributed by atoms with Gasteiger partial charge in [0, 0.05) is 44.8 Å². The van der Waals surface area contributed by atoms with E-state index in [0.29, 0.717) is 53.3 Å². The number of rotatable bonds is 9. The number of nitrogens with one attached hydrogen (secondary N) is 2. The zero-order valence-corrected chi connectivity index (χ0v) is 20.9. The number of pyridine rings is 1. The molecule has 0 atom stereocenters. The van der Waals surface area contributed by atoms with E-state index in [2.05, 4.69) is 48.2 Å². The monoisotopic (exact) mass is 467 g/mol. The van der Waals surface area contributed by atoms with Crippen molar-refractivity contribution in [2.24, 2.45) is 11.8 Å². The van der Waals surface area contributed by atoms with Gasteiger partial charge < -0.3 is 25.2 Å². The van der Waals surface area contributed by atoms with Gasteiger partial charge in [-0.05, 0) is 42.2 Å². The van der Waals surface area contributed by atoms with E-state index in [9.17, 15) is 9.59 Å². The molecule has 8 nitrogen and oxygen atoms in total. The number of anilines is 2. The molecule has 2 amide bonds. The molecule has 3 rings (SSSR count). The summed E-state index contributed by atoms with van der Waals surface area (Å²) in [4.78, 5) is 35.3. The molecule has 0 bridgehead atoms. The molecule has 1 saturated heterocycles. The predicted molar refractivity (Wildman–Crippen MR) is 136 cm³/mol. The van der Waals surface area contributed by atoms with E-state index in [1.165, 1.54) is 0 Å². The van der Waals surface area contributed by atoms with Gasteiger partial charge in [0.15, 0.2) is 0 Å². The van der Waals surface area contributed by atoms with Gasteiger partial charge in [-0.2, -0.15) is 0 Å². The lowest BCUT2D eigenvalue weighted by atomic mass is 10.1. The Hall–Kier alpha value is -3.13. The summed E-state index contributed by atoms with van der Waals surface area (Å²) in [6.45, 7) is 13.0. The Balaban J connectivity index is 1.92. The molecule has 0 aliphatic carbocycles. The lowest BCUT2D eigenvalue weighted by molar-refractivity contribution is 0.0715. The van der Waals surface area contributed by atoms with Gasteiger partial charge in [-0.3, -0.25) is 9.59 Å². The number of aromatic nitrogens is 1. The van der Waals surface area contributed by atoms with Crippen LogP contribution in [0.4, 0.5) is 11.5 Å². The number of ether oxygens (including phenoxy) is 1. The van der Waals surface area contributed by atoms with Crippen LogP contribution >= 0.6 is 0 Å². The van der Waals surface area contributed by atoms with Crippen LogP contribution in [0.3, 0.4) is 0 Å². The van der Waals surface area contributed by atoms with Crippen molar-refractivity contribution < 1.29 is 14.3 Å². The first-order valence-electron chi connectivity index (χ1n) is 12.0. The molecular weight excluding hydrogens is 430 g/mol. The maximum absolute atomic E-state index is 13.8. The second-order valence-corrected chi connectivity index (χ2v) is 9.51. The number of amides is 2. The fourth-order valence-corrected chi connectivity index (χ4v) is 4.05. The molecule has 34 heavy (non-hydrogen) atoms. The van der Waals surface area contributed by atoms with E-state index >= 15 is 0 Å². The third-order valence-corrected chi connectivity index (χ3v) is 5.58. The lowest BCUT2D eigenvalue weighted by Gasteiger charge is -2.32. The molecule has 0 radical (unpaired) electrons. The minimum atomic E-state index is -0.265. The number of piperazine rings is 1. The number of hydrogen-bond acceptors (Lipinski definition) is 6. The molecule has 8 heteroatoms. The van der Waals surface area contributed by atoms with Crippen LogP contribution in [0.5, 0.6) is 5.75 Å². The van der Waals surface area contributed by atoms with Gasteiger partial charge in [0.05, 0.1) is 24.6 Å². The number of hydrogen-bond donors (Lipinski definition) is 2. The Kier molecular flexibility index (Phi) is 8.87. The van der Waals surface area contributed by atoms with Crippen molar-refractivity contribution in [2.75, 3.05) is 56.6 Å². The Labute approximate surface area is 202 Å². The fourth-order valence-electron chi connectivity index (χ4n) is 4.05. The number of carbonyl (C=O) groups is 2. The summed E-state index contributed by atoms with van der Waals surface area (Å²) >= 11 is 0. The topological polar surface area (TPSA) is 86.8 Å². The van der Waals surface area contributed by atoms with Gasteiger partial charge in [-0.1, -0.05) is 27.7 Å². The van der Waals surface area contributed by atoms with Gasteiger partial charge in [0.2, 0.25) is 0 Å². The average Bonchev–Trinajstić information content (AvgIpc) is 2.83. The smallest absolute Gasteiger partial charge is 0.257 e. The number of nitrogens with zero attached hydrogens (tertiary/aromatic N) is 3. The summed E-state index contributed by atoms with van der Waals surface area (Å²) < 4.78 is 5.16. The van der Waals surface area contributed by atoms with E-state index in [1.54, 1.807) is 43.6 Å². The predicted octanol–water partition coefficient (Wildman–Crippen LogP) is 3.51. The molecule has 0 unspecified atom stereocenters. The summed E-state index contributed by atoms with van der Waals surface area (Å²) in [5.74, 6) is 1.73. The van der Waals surface area contributed by atoms with Gasteiger partial charge in [-0.15, -0.1) is 0 Å². The first-order valence-corrected chi connectivity index (χ1v) is 12.0. The molecule has 1 fully saturated rings. The minimum Gasteiger partial charge on any atom is -0.497 e. The molecule has 2 aromatic rings. The molecule has 2 N–H and O–H groups in total. The van der Waals surface area contributed by atoms with Crippen LogP contribution in [-0.2, 0) is 0 Å². The number of methoxy groups -OCH3 is 1. The molecule has 1 aliphatic heterocycles. The van der Waals surface area contributed by atoms with Crippen LogP contribution in [0.15, 0.2) is 36.5 Å². The van der Waals surface area contributed by atoms with Crippen LogP contribution in [0.25, 0.3) is 0 Å². The Morgan fingerprint density at radius 1 is 1.09 bits per heavy atom. The zero-order valence-electron chi connectivity index (χ0n) is 20.9. The molecule has 184 valence electrons. The summed E-state index contributed by atoms with van der Waals surface area (Å²) in [6, 6.07) is 8.66. The first-order chi connectivity index (χ1) is 16.3. The molecule has 0 spiro atoms. The van der Waals surface area contributed by atoms with Crippen LogP contribution in [-0.4, -0.2) is 68.1 Å². The fraction of sp³-hybridized carbons (Fsp3) is 0.500. The van der Waals surface area contributed by atoms with Crippen molar-refractivity contribution in [2.45, 2.75) is 27.7 Å². The Morgan fingerprint density at radius 3 is 2.26 bits per heavy atom. The highest BCUT2D eigenvalue weighted by atomic mass is 16.5. The van der Waals surface area contributed by atoms with Crippen molar-refractivity contribution in [3.63, 3.8) is 0 Å². The normalized spacial score (nSPS) is 13.8. The van der Waals surface area contributed by atoms with E-state index < -0.39 is 0 Å². The second kappa shape index (κ2) is 11.8. The SMILES string of the molecule is COc1ccc(C(=O)Nc2cnc(N3CCNCC3)c(C(=O)N(CC(C)C)CC(C)C)c2)cc1. The van der Waals surface area contributed by atoms with E-state index in [1.807, 2.05) is 4.90 Å². The van der Waals surface area contributed by atoms with Crippen molar-refractivity contribution in [3.8, 4) is 5.75 Å². The van der Waals surface area contributed by atoms with Crippen molar-refractivity contribution >= 4 is 23.3 Å². The van der Waals surface area contributed by atoms with Gasteiger partial charge in [0.25, 0.3) is 11.8 Å². The quantitative estimate of drug-likeness (QED) is 0.587. The van der Waals surface area contributed by atoms with Crippen LogP contribution in [0.2, 0.25) is 0 Å². The average molecular weight is 468 g/mol. The van der Waals surface area contributed by atoms with E-state index in [-0.39, 0.29) is 11.8 Å². The van der Waals surface area contributed by atoms with Crippen LogP contribution < -0.4 is 20.3 Å². The Morgan fingerprint density at radius 2 is 1.71 bits per heavy atom. The highest BCUT2D eigenvalue weighted by Gasteiger charge is 2.26. The minimum absolute atomic E-state index is 0.0519. The second-order valence-electron chi connectivity index (χ2n) is 9.51. The van der Waals surface area contributed by atoms with E-state index in [0.717, 1.165) is 26.2 Å². The first kappa shape index (κ1) is 25.5. The maximum Gasteiger partial charge on any atom is 0.257 e. The third kappa shape index (κ3) is 6.70. The number of carbonyl (C=O) groups excluding carboxylic acids is 2. The van der Waals surface area contributed by atoms with Gasteiger partial charge in [0.1, 0.15) is 11.6 Å². The summed E-state index contributed by atoms with van der Waals surface area (Å²) in [5.41, 5.74) is 1.52. The van der Waals surface area contributed by atoms with Crippen molar-refractivity contribution in [3.05, 3.63) is 47.7 Å². The van der Waals surface area contributed by atoms with Gasteiger partial charge in [-0.25, -0.2) is 4.98 Å². The standard InChI is InChI=1S/C26H37N5O3/c1-18(2)16-31(17-19(3)4)26(33)23-14-21(15-28-24(23)30-12-10-27-11-13-30)29-25(32)20-6-8-22(34-5)9-7-20/h6-9,14-15,18-19,27H,10-13,16-17H2,1-5H3,(H,29,32). The van der Waals surface area contributed by atoms with Crippen LogP contribution in [0.1, 0.15) is 48.4 Å². The maximum atomic E-state index is 13.8. The highest BCUT2D eigenvalue weighted by molar-refractivity contribution is 6.06. The zero-order chi connectivity index (χ0) is 24.7. The summed E-state index contributed by atoms with van der Waals surface area (Å²) in [5, 5.41) is 6.24. The summed E-state index contributed by atoms with van der Waals surface area (Å²) in [6.07, 6.45) is 1.63. The third-order valence-electron chi connectivity index (χ3n) is 5.58. The van der Waals surface area contributed by atoms with Gasteiger partial charge >= 0.3 is 0 Å². The molecule has 1 aromatic heterocycles. The molecule has 2 heterocycles. The highest BCUT2D eigenvalue weighted by Crippen LogP contribution is 2.25. The Bertz CT molecular complexity index is 959. The number of benzene rings is 1. The molecule has 0 saturated carbocycles. The van der Waals surface area contributed by atoms with Crippen molar-refractivity contribution in [1.82, 2.24) is 15.2 Å². The van der Waals surface area contributed by atoms with Crippen LogP contribution in [0, 0.1) is 11.8 Å². The molecule has 1 aromatic carbocycles.